The molecule has 5 nitrogen and oxygen atoms in total. The van der Waals surface area contributed by atoms with E-state index in [0.29, 0.717) is 6.54 Å². The van der Waals surface area contributed by atoms with Crippen LogP contribution >= 0.6 is 0 Å². The molecule has 5 heteroatoms. The summed E-state index contributed by atoms with van der Waals surface area (Å²) in [7, 11) is 2.74. The van der Waals surface area contributed by atoms with Gasteiger partial charge in [-0.3, -0.25) is 4.79 Å². The zero-order chi connectivity index (χ0) is 16.1. The highest BCUT2D eigenvalue weighted by Gasteiger charge is 2.13. The van der Waals surface area contributed by atoms with Crippen LogP contribution in [-0.2, 0) is 20.9 Å². The number of methoxy groups -OCH3 is 1. The van der Waals surface area contributed by atoms with Gasteiger partial charge >= 0.3 is 5.97 Å². The highest BCUT2D eigenvalue weighted by atomic mass is 16.5. The average Bonchev–Trinajstić information content (AvgIpc) is 2.54. The van der Waals surface area contributed by atoms with Crippen molar-refractivity contribution in [3.63, 3.8) is 0 Å². The summed E-state index contributed by atoms with van der Waals surface area (Å²) in [6.07, 6.45) is 0.858. The van der Waals surface area contributed by atoms with Gasteiger partial charge < -0.3 is 14.7 Å². The molecule has 0 aliphatic heterocycles. The Morgan fingerprint density at radius 1 is 1.18 bits per heavy atom. The second kappa shape index (κ2) is 6.76. The van der Waals surface area contributed by atoms with Crippen LogP contribution in [0.2, 0.25) is 0 Å². The first-order valence-electron chi connectivity index (χ1n) is 6.73. The second-order valence-corrected chi connectivity index (χ2v) is 4.85. The number of rotatable bonds is 4. The molecule has 0 atom stereocenters. The molecule has 0 bridgehead atoms. The van der Waals surface area contributed by atoms with E-state index in [-0.39, 0.29) is 0 Å². The molecule has 0 spiro atoms. The summed E-state index contributed by atoms with van der Waals surface area (Å²) in [4.78, 5) is 24.5. The zero-order valence-electron chi connectivity index (χ0n) is 12.4. The van der Waals surface area contributed by atoms with Gasteiger partial charge in [-0.05, 0) is 16.3 Å². The standard InChI is InChI=1S/C17H17NO4/c1-18(16(20)10-15(19)17(21)22-2)11-13-8-5-7-12-6-3-4-9-14(12)13/h3-10,19H,11H2,1-2H3. The first kappa shape index (κ1) is 15.6. The van der Waals surface area contributed by atoms with E-state index in [2.05, 4.69) is 4.74 Å². The molecule has 2 rings (SSSR count). The minimum Gasteiger partial charge on any atom is -0.502 e. The Kier molecular flexibility index (Phi) is 4.78. The smallest absolute Gasteiger partial charge is 0.373 e. The van der Waals surface area contributed by atoms with Crippen molar-refractivity contribution in [3.8, 4) is 0 Å². The summed E-state index contributed by atoms with van der Waals surface area (Å²) >= 11 is 0. The number of hydrogen-bond acceptors (Lipinski definition) is 4. The Morgan fingerprint density at radius 2 is 1.86 bits per heavy atom. The van der Waals surface area contributed by atoms with Crippen LogP contribution in [0.15, 0.2) is 54.3 Å². The van der Waals surface area contributed by atoms with Crippen LogP contribution in [0, 0.1) is 0 Å². The van der Waals surface area contributed by atoms with E-state index in [4.69, 9.17) is 0 Å². The van der Waals surface area contributed by atoms with E-state index in [0.717, 1.165) is 29.5 Å². The van der Waals surface area contributed by atoms with Crippen molar-refractivity contribution in [1.29, 1.82) is 0 Å². The number of aliphatic hydroxyl groups excluding tert-OH is 1. The SMILES string of the molecule is COC(=O)C(O)=CC(=O)N(C)Cc1cccc2ccccc12. The summed E-state index contributed by atoms with van der Waals surface area (Å²) < 4.78 is 4.34. The number of hydrogen-bond donors (Lipinski definition) is 1. The van der Waals surface area contributed by atoms with Crippen LogP contribution in [0.5, 0.6) is 0 Å². The van der Waals surface area contributed by atoms with Gasteiger partial charge in [-0.2, -0.15) is 0 Å². The average molecular weight is 299 g/mol. The lowest BCUT2D eigenvalue weighted by atomic mass is 10.0. The third-order valence-corrected chi connectivity index (χ3v) is 3.32. The molecule has 0 aliphatic rings. The van der Waals surface area contributed by atoms with Crippen molar-refractivity contribution < 1.29 is 19.4 Å². The lowest BCUT2D eigenvalue weighted by molar-refractivity contribution is -0.139. The summed E-state index contributed by atoms with van der Waals surface area (Å²) in [6.45, 7) is 0.366. The Balaban J connectivity index is 2.19. The van der Waals surface area contributed by atoms with Gasteiger partial charge in [-0.1, -0.05) is 42.5 Å². The molecule has 1 N–H and O–H groups in total. The van der Waals surface area contributed by atoms with Crippen molar-refractivity contribution in [3.05, 3.63) is 59.9 Å². The Morgan fingerprint density at radius 3 is 2.59 bits per heavy atom. The van der Waals surface area contributed by atoms with Crippen molar-refractivity contribution in [2.75, 3.05) is 14.2 Å². The maximum absolute atomic E-state index is 12.0. The van der Waals surface area contributed by atoms with E-state index in [1.54, 1.807) is 7.05 Å². The van der Waals surface area contributed by atoms with E-state index in [1.807, 2.05) is 42.5 Å². The molecule has 0 fully saturated rings. The highest BCUT2D eigenvalue weighted by Crippen LogP contribution is 2.19. The van der Waals surface area contributed by atoms with Gasteiger partial charge in [-0.25, -0.2) is 4.79 Å². The first-order valence-corrected chi connectivity index (χ1v) is 6.73. The van der Waals surface area contributed by atoms with E-state index in [9.17, 15) is 14.7 Å². The molecule has 0 heterocycles. The molecular formula is C17H17NO4. The van der Waals surface area contributed by atoms with E-state index < -0.39 is 17.6 Å². The van der Waals surface area contributed by atoms with Crippen LogP contribution in [0.4, 0.5) is 0 Å². The van der Waals surface area contributed by atoms with Gasteiger partial charge in [0.1, 0.15) is 0 Å². The number of esters is 1. The number of aliphatic hydroxyl groups is 1. The number of amides is 1. The van der Waals surface area contributed by atoms with Crippen LogP contribution in [0.3, 0.4) is 0 Å². The molecule has 1 amide bonds. The van der Waals surface area contributed by atoms with Crippen molar-refractivity contribution >= 4 is 22.6 Å². The van der Waals surface area contributed by atoms with Gasteiger partial charge in [-0.15, -0.1) is 0 Å². The maximum Gasteiger partial charge on any atom is 0.373 e. The van der Waals surface area contributed by atoms with Crippen LogP contribution in [-0.4, -0.2) is 36.0 Å². The lowest BCUT2D eigenvalue weighted by Crippen LogP contribution is -2.25. The normalized spacial score (nSPS) is 11.3. The van der Waals surface area contributed by atoms with Gasteiger partial charge in [0.05, 0.1) is 13.2 Å². The van der Waals surface area contributed by atoms with Crippen LogP contribution < -0.4 is 0 Å². The molecule has 0 radical (unpaired) electrons. The number of nitrogens with zero attached hydrogens (tertiary/aromatic N) is 1. The highest BCUT2D eigenvalue weighted by molar-refractivity contribution is 5.96. The number of carbonyl (C=O) groups is 2. The molecule has 0 saturated carbocycles. The molecule has 0 unspecified atom stereocenters. The summed E-state index contributed by atoms with van der Waals surface area (Å²) in [5, 5.41) is 11.6. The van der Waals surface area contributed by atoms with Gasteiger partial charge in [0.15, 0.2) is 0 Å². The Bertz CT molecular complexity index is 731. The number of fused-ring (bicyclic) bond motifs is 1. The minimum atomic E-state index is -0.938. The molecule has 22 heavy (non-hydrogen) atoms. The quantitative estimate of drug-likeness (QED) is 0.535. The predicted molar refractivity (Wildman–Crippen MR) is 83.1 cm³/mol. The van der Waals surface area contributed by atoms with Crippen LogP contribution in [0.1, 0.15) is 5.56 Å². The fraction of sp³-hybridized carbons (Fsp3) is 0.176. The summed E-state index contributed by atoms with van der Waals surface area (Å²) in [6, 6.07) is 13.8. The zero-order valence-corrected chi connectivity index (χ0v) is 12.4. The van der Waals surface area contributed by atoms with E-state index >= 15 is 0 Å². The number of likely N-dealkylation sites (N-methyl/N-ethyl adjacent to an activating group) is 1. The summed E-state index contributed by atoms with van der Waals surface area (Å²) in [5.74, 6) is -2.12. The summed E-state index contributed by atoms with van der Waals surface area (Å²) in [5.41, 5.74) is 0.986. The molecule has 0 aliphatic carbocycles. The maximum atomic E-state index is 12.0. The monoisotopic (exact) mass is 299 g/mol. The number of ether oxygens (including phenoxy) is 1. The molecule has 0 aromatic heterocycles. The van der Waals surface area contributed by atoms with Gasteiger partial charge in [0.25, 0.3) is 5.91 Å². The second-order valence-electron chi connectivity index (χ2n) is 4.85. The Labute approximate surface area is 128 Å². The van der Waals surface area contributed by atoms with Crippen molar-refractivity contribution in [2.45, 2.75) is 6.54 Å². The van der Waals surface area contributed by atoms with Gasteiger partial charge in [0.2, 0.25) is 5.76 Å². The first-order chi connectivity index (χ1) is 10.5. The van der Waals surface area contributed by atoms with Crippen molar-refractivity contribution in [1.82, 2.24) is 4.90 Å². The lowest BCUT2D eigenvalue weighted by Gasteiger charge is -2.16. The minimum absolute atomic E-state index is 0.366. The number of benzene rings is 2. The third-order valence-electron chi connectivity index (χ3n) is 3.32. The molecular weight excluding hydrogens is 282 g/mol. The fourth-order valence-electron chi connectivity index (χ4n) is 2.15. The predicted octanol–water partition coefficient (Wildman–Crippen LogP) is 2.41. The van der Waals surface area contributed by atoms with Crippen LogP contribution in [0.25, 0.3) is 10.8 Å². The fourth-order valence-corrected chi connectivity index (χ4v) is 2.15. The molecule has 114 valence electrons. The topological polar surface area (TPSA) is 66.8 Å². The van der Waals surface area contributed by atoms with Gasteiger partial charge in [0, 0.05) is 13.6 Å². The third kappa shape index (κ3) is 3.44. The molecule has 2 aromatic rings. The molecule has 0 saturated heterocycles. The molecule has 2 aromatic carbocycles. The number of carbonyl (C=O) groups excluding carboxylic acids is 2. The largest absolute Gasteiger partial charge is 0.502 e. The van der Waals surface area contributed by atoms with E-state index in [1.165, 1.54) is 4.90 Å². The Hall–Kier alpha value is -2.82. The van der Waals surface area contributed by atoms with Crippen molar-refractivity contribution in [2.24, 2.45) is 0 Å².